The summed E-state index contributed by atoms with van der Waals surface area (Å²) >= 11 is 0. The molecule has 0 heteroatoms. The summed E-state index contributed by atoms with van der Waals surface area (Å²) < 4.78 is 0. The Morgan fingerprint density at radius 1 is 0.882 bits per heavy atom. The van der Waals surface area contributed by atoms with Crippen molar-refractivity contribution >= 4 is 0 Å². The Bertz CT molecular complexity index is 193. The molecule has 17 heavy (non-hydrogen) atoms. The monoisotopic (exact) mass is 240 g/mol. The van der Waals surface area contributed by atoms with Gasteiger partial charge in [0.25, 0.3) is 0 Å². The first-order chi connectivity index (χ1) is 7.50. The minimum atomic E-state index is 0.314. The molecular formula is C17H36. The molecule has 0 aliphatic heterocycles. The third-order valence-corrected chi connectivity index (χ3v) is 3.70. The number of hydrogen-bond donors (Lipinski definition) is 0. The molecule has 0 unspecified atom stereocenters. The van der Waals surface area contributed by atoms with Gasteiger partial charge in [-0.1, -0.05) is 87.3 Å². The van der Waals surface area contributed by atoms with Crippen LogP contribution in [-0.4, -0.2) is 0 Å². The Balaban J connectivity index is 0. The Morgan fingerprint density at radius 3 is 1.24 bits per heavy atom. The van der Waals surface area contributed by atoms with Crippen LogP contribution in [0.15, 0.2) is 12.2 Å². The van der Waals surface area contributed by atoms with Gasteiger partial charge < -0.3 is 0 Å². The molecule has 0 saturated carbocycles. The third kappa shape index (κ3) is 9.44. The highest BCUT2D eigenvalue weighted by molar-refractivity contribution is 5.03. The molecule has 0 spiro atoms. The van der Waals surface area contributed by atoms with Crippen molar-refractivity contribution in [2.24, 2.45) is 16.7 Å². The third-order valence-electron chi connectivity index (χ3n) is 3.70. The number of hydrogen-bond acceptors (Lipinski definition) is 0. The van der Waals surface area contributed by atoms with Gasteiger partial charge in [0.1, 0.15) is 0 Å². The Morgan fingerprint density at radius 2 is 1.24 bits per heavy atom. The highest BCUT2D eigenvalue weighted by atomic mass is 14.3. The molecule has 0 rings (SSSR count). The number of rotatable bonds is 3. The summed E-state index contributed by atoms with van der Waals surface area (Å²) in [5.74, 6) is 0.900. The van der Waals surface area contributed by atoms with E-state index in [1.165, 1.54) is 18.4 Å². The SMILES string of the molecule is C=C(CC)C(C)(C)C.CCC(CC)C(C)(C)C. The van der Waals surface area contributed by atoms with Crippen LogP contribution in [0.4, 0.5) is 0 Å². The lowest BCUT2D eigenvalue weighted by Gasteiger charge is -2.28. The molecule has 0 nitrogen and oxygen atoms in total. The molecule has 0 fully saturated rings. The summed E-state index contributed by atoms with van der Waals surface area (Å²) in [4.78, 5) is 0. The van der Waals surface area contributed by atoms with E-state index in [0.717, 1.165) is 12.3 Å². The second-order valence-corrected chi connectivity index (χ2v) is 7.09. The Kier molecular flexibility index (Phi) is 8.93. The van der Waals surface area contributed by atoms with Crippen LogP contribution in [0.25, 0.3) is 0 Å². The molecule has 0 amide bonds. The van der Waals surface area contributed by atoms with Crippen LogP contribution in [0.3, 0.4) is 0 Å². The van der Waals surface area contributed by atoms with Crippen molar-refractivity contribution in [2.45, 2.75) is 81.6 Å². The van der Waals surface area contributed by atoms with Gasteiger partial charge in [0.05, 0.1) is 0 Å². The molecule has 0 aliphatic carbocycles. The maximum atomic E-state index is 3.94. The van der Waals surface area contributed by atoms with E-state index in [1.54, 1.807) is 0 Å². The summed E-state index contributed by atoms with van der Waals surface area (Å²) in [6.45, 7) is 24.2. The molecule has 0 saturated heterocycles. The molecule has 0 heterocycles. The van der Waals surface area contributed by atoms with Gasteiger partial charge >= 0.3 is 0 Å². The Labute approximate surface area is 111 Å². The van der Waals surface area contributed by atoms with Crippen LogP contribution in [-0.2, 0) is 0 Å². The van der Waals surface area contributed by atoms with Crippen LogP contribution in [0, 0.1) is 16.7 Å². The minimum absolute atomic E-state index is 0.314. The summed E-state index contributed by atoms with van der Waals surface area (Å²) in [6.07, 6.45) is 3.74. The molecule has 0 aromatic heterocycles. The van der Waals surface area contributed by atoms with Crippen LogP contribution >= 0.6 is 0 Å². The van der Waals surface area contributed by atoms with Crippen molar-refractivity contribution in [1.82, 2.24) is 0 Å². The first-order valence-electron chi connectivity index (χ1n) is 7.18. The minimum Gasteiger partial charge on any atom is -0.0993 e. The summed E-state index contributed by atoms with van der Waals surface area (Å²) in [6, 6.07) is 0. The van der Waals surface area contributed by atoms with E-state index >= 15 is 0 Å². The molecule has 0 aromatic rings. The maximum Gasteiger partial charge on any atom is -0.0176 e. The summed E-state index contributed by atoms with van der Waals surface area (Å²) in [5.41, 5.74) is 2.16. The fraction of sp³-hybridized carbons (Fsp3) is 0.882. The van der Waals surface area contributed by atoms with Crippen LogP contribution in [0.2, 0.25) is 0 Å². The summed E-state index contributed by atoms with van der Waals surface area (Å²) in [5, 5.41) is 0. The predicted molar refractivity (Wildman–Crippen MR) is 82.4 cm³/mol. The topological polar surface area (TPSA) is 0 Å². The normalized spacial score (nSPS) is 12.1. The predicted octanol–water partition coefficient (Wildman–Crippen LogP) is 6.47. The van der Waals surface area contributed by atoms with E-state index in [-0.39, 0.29) is 0 Å². The second kappa shape index (κ2) is 7.95. The van der Waals surface area contributed by atoms with Gasteiger partial charge in [0, 0.05) is 0 Å². The van der Waals surface area contributed by atoms with Gasteiger partial charge in [-0.15, -0.1) is 0 Å². The van der Waals surface area contributed by atoms with E-state index in [1.807, 2.05) is 0 Å². The van der Waals surface area contributed by atoms with Crippen LogP contribution < -0.4 is 0 Å². The molecular weight excluding hydrogens is 204 g/mol. The molecule has 0 atom stereocenters. The van der Waals surface area contributed by atoms with Gasteiger partial charge in [-0.25, -0.2) is 0 Å². The van der Waals surface area contributed by atoms with Gasteiger partial charge in [-0.2, -0.15) is 0 Å². The fourth-order valence-electron chi connectivity index (χ4n) is 2.04. The molecule has 0 bridgehead atoms. The fourth-order valence-corrected chi connectivity index (χ4v) is 2.04. The van der Waals surface area contributed by atoms with Crippen molar-refractivity contribution < 1.29 is 0 Å². The van der Waals surface area contributed by atoms with E-state index < -0.39 is 0 Å². The number of allylic oxidation sites excluding steroid dienone is 1. The lowest BCUT2D eigenvalue weighted by Crippen LogP contribution is -2.18. The van der Waals surface area contributed by atoms with Crippen molar-refractivity contribution in [3.05, 3.63) is 12.2 Å². The molecule has 0 aliphatic rings. The molecule has 104 valence electrons. The van der Waals surface area contributed by atoms with E-state index in [0.29, 0.717) is 10.8 Å². The Hall–Kier alpha value is -0.260. The average Bonchev–Trinajstić information content (AvgIpc) is 2.15. The van der Waals surface area contributed by atoms with E-state index in [9.17, 15) is 0 Å². The largest absolute Gasteiger partial charge is 0.0993 e. The van der Waals surface area contributed by atoms with Crippen molar-refractivity contribution in [1.29, 1.82) is 0 Å². The standard InChI is InChI=1S/C9H20.C8H16/c1-6-8(7-2)9(3,4)5;1-6-7(2)8(3,4)5/h8H,6-7H2,1-5H3;2,6H2,1,3-5H3. The zero-order valence-corrected chi connectivity index (χ0v) is 13.9. The van der Waals surface area contributed by atoms with Crippen LogP contribution in [0.5, 0.6) is 0 Å². The van der Waals surface area contributed by atoms with Gasteiger partial charge in [-0.3, -0.25) is 0 Å². The summed E-state index contributed by atoms with van der Waals surface area (Å²) in [7, 11) is 0. The van der Waals surface area contributed by atoms with Crippen LogP contribution in [0.1, 0.15) is 81.6 Å². The highest BCUT2D eigenvalue weighted by Crippen LogP contribution is 2.30. The van der Waals surface area contributed by atoms with E-state index in [2.05, 4.69) is 68.9 Å². The maximum absolute atomic E-state index is 3.94. The first kappa shape index (κ1) is 19.1. The van der Waals surface area contributed by atoms with Gasteiger partial charge in [0.2, 0.25) is 0 Å². The lowest BCUT2D eigenvalue weighted by molar-refractivity contribution is 0.226. The van der Waals surface area contributed by atoms with Crippen molar-refractivity contribution in [3.63, 3.8) is 0 Å². The molecule has 0 N–H and O–H groups in total. The van der Waals surface area contributed by atoms with Gasteiger partial charge in [-0.05, 0) is 23.2 Å². The van der Waals surface area contributed by atoms with Crippen molar-refractivity contribution in [2.75, 3.05) is 0 Å². The smallest absolute Gasteiger partial charge is 0.0176 e. The quantitative estimate of drug-likeness (QED) is 0.496. The van der Waals surface area contributed by atoms with Crippen molar-refractivity contribution in [3.8, 4) is 0 Å². The second-order valence-electron chi connectivity index (χ2n) is 7.09. The first-order valence-corrected chi connectivity index (χ1v) is 7.18. The zero-order chi connectivity index (χ0) is 14.3. The lowest BCUT2D eigenvalue weighted by atomic mass is 9.78. The van der Waals surface area contributed by atoms with Gasteiger partial charge in [0.15, 0.2) is 0 Å². The van der Waals surface area contributed by atoms with E-state index in [4.69, 9.17) is 0 Å². The molecule has 0 aromatic carbocycles. The zero-order valence-electron chi connectivity index (χ0n) is 13.9. The highest BCUT2D eigenvalue weighted by Gasteiger charge is 2.20. The average molecular weight is 240 g/mol. The molecule has 0 radical (unpaired) electrons.